The third-order valence-corrected chi connectivity index (χ3v) is 5.81. The molecule has 4 nitrogen and oxygen atoms in total. The van der Waals surface area contributed by atoms with Crippen molar-refractivity contribution < 1.29 is 8.42 Å². The average Bonchev–Trinajstić information content (AvgIpc) is 2.35. The molecule has 6 heteroatoms. The highest BCUT2D eigenvalue weighted by molar-refractivity contribution is 7.89. The van der Waals surface area contributed by atoms with Crippen LogP contribution in [0.15, 0.2) is 29.2 Å². The van der Waals surface area contributed by atoms with E-state index in [1.807, 2.05) is 27.7 Å². The Kier molecular flexibility index (Phi) is 4.94. The third-order valence-electron chi connectivity index (χ3n) is 3.61. The van der Waals surface area contributed by atoms with Crippen LogP contribution in [0, 0.1) is 5.41 Å². The average molecular weight is 314 g/mol. The van der Waals surface area contributed by atoms with Gasteiger partial charge in [0.05, 0.1) is 4.90 Å². The summed E-state index contributed by atoms with van der Waals surface area (Å²) in [6, 6.07) is 6.40. The van der Waals surface area contributed by atoms with E-state index in [2.05, 4.69) is 0 Å². The van der Waals surface area contributed by atoms with E-state index in [1.165, 1.54) is 10.4 Å². The SMILES string of the molecule is CC(N(C)S(=O)(=O)c1ccccc1C(N)=S)C(C)(C)C. The van der Waals surface area contributed by atoms with Gasteiger partial charge in [-0.2, -0.15) is 4.31 Å². The maximum Gasteiger partial charge on any atom is 0.243 e. The zero-order valence-electron chi connectivity index (χ0n) is 12.5. The normalized spacial score (nSPS) is 14.3. The molecule has 1 unspecified atom stereocenters. The van der Waals surface area contributed by atoms with Crippen molar-refractivity contribution in [1.29, 1.82) is 0 Å². The number of nitrogens with two attached hydrogens (primary N) is 1. The fourth-order valence-corrected chi connectivity index (χ4v) is 3.80. The van der Waals surface area contributed by atoms with E-state index in [0.29, 0.717) is 5.56 Å². The predicted octanol–water partition coefficient (Wildman–Crippen LogP) is 2.38. The lowest BCUT2D eigenvalue weighted by Gasteiger charge is -2.34. The van der Waals surface area contributed by atoms with Crippen LogP contribution in [0.3, 0.4) is 0 Å². The summed E-state index contributed by atoms with van der Waals surface area (Å²) < 4.78 is 26.9. The maximum absolute atomic E-state index is 12.8. The Bertz CT molecular complexity index is 604. The van der Waals surface area contributed by atoms with E-state index in [0.717, 1.165) is 0 Å². The van der Waals surface area contributed by atoms with Crippen LogP contribution in [-0.4, -0.2) is 30.8 Å². The Hall–Kier alpha value is -0.980. The lowest BCUT2D eigenvalue weighted by atomic mass is 9.88. The van der Waals surface area contributed by atoms with Gasteiger partial charge in [-0.15, -0.1) is 0 Å². The molecule has 0 saturated heterocycles. The molecule has 2 N–H and O–H groups in total. The lowest BCUT2D eigenvalue weighted by Crippen LogP contribution is -2.43. The van der Waals surface area contributed by atoms with Crippen LogP contribution in [0.4, 0.5) is 0 Å². The van der Waals surface area contributed by atoms with Gasteiger partial charge < -0.3 is 5.73 Å². The first-order valence-corrected chi connectivity index (χ1v) is 8.21. The third kappa shape index (κ3) is 3.37. The van der Waals surface area contributed by atoms with Gasteiger partial charge in [0.1, 0.15) is 4.99 Å². The van der Waals surface area contributed by atoms with Crippen molar-refractivity contribution in [3.8, 4) is 0 Å². The molecule has 20 heavy (non-hydrogen) atoms. The van der Waals surface area contributed by atoms with Crippen molar-refractivity contribution in [2.75, 3.05) is 7.05 Å². The molecule has 1 aromatic carbocycles. The maximum atomic E-state index is 12.8. The molecule has 1 atom stereocenters. The van der Waals surface area contributed by atoms with Gasteiger partial charge >= 0.3 is 0 Å². The van der Waals surface area contributed by atoms with E-state index >= 15 is 0 Å². The molecular formula is C14H22N2O2S2. The summed E-state index contributed by atoms with van der Waals surface area (Å²) in [6.45, 7) is 7.90. The van der Waals surface area contributed by atoms with E-state index in [1.54, 1.807) is 25.2 Å². The zero-order valence-corrected chi connectivity index (χ0v) is 14.2. The molecule has 1 aromatic rings. The Morgan fingerprint density at radius 3 is 2.25 bits per heavy atom. The number of hydrogen-bond donors (Lipinski definition) is 1. The number of hydrogen-bond acceptors (Lipinski definition) is 3. The molecule has 0 bridgehead atoms. The summed E-state index contributed by atoms with van der Waals surface area (Å²) >= 11 is 4.94. The van der Waals surface area contributed by atoms with Gasteiger partial charge in [0.25, 0.3) is 0 Å². The number of sulfonamides is 1. The van der Waals surface area contributed by atoms with E-state index in [4.69, 9.17) is 18.0 Å². The van der Waals surface area contributed by atoms with Crippen molar-refractivity contribution in [3.63, 3.8) is 0 Å². The topological polar surface area (TPSA) is 63.4 Å². The first-order chi connectivity index (χ1) is 8.99. The summed E-state index contributed by atoms with van der Waals surface area (Å²) in [5, 5.41) is 0. The minimum atomic E-state index is -3.63. The number of rotatable bonds is 4. The van der Waals surface area contributed by atoms with Crippen molar-refractivity contribution in [2.24, 2.45) is 11.1 Å². The molecule has 0 heterocycles. The molecule has 112 valence electrons. The van der Waals surface area contributed by atoms with Crippen LogP contribution < -0.4 is 5.73 Å². The van der Waals surface area contributed by atoms with E-state index in [9.17, 15) is 8.42 Å². The second kappa shape index (κ2) is 5.79. The molecule has 0 aliphatic rings. The lowest BCUT2D eigenvalue weighted by molar-refractivity contribution is 0.216. The van der Waals surface area contributed by atoms with E-state index in [-0.39, 0.29) is 21.3 Å². The molecule has 1 rings (SSSR count). The molecular weight excluding hydrogens is 292 g/mol. The molecule has 0 fully saturated rings. The summed E-state index contributed by atoms with van der Waals surface area (Å²) in [7, 11) is -2.05. The largest absolute Gasteiger partial charge is 0.389 e. The first-order valence-electron chi connectivity index (χ1n) is 6.36. The Morgan fingerprint density at radius 2 is 1.80 bits per heavy atom. The van der Waals surface area contributed by atoms with Gasteiger partial charge in [0, 0.05) is 18.7 Å². The minimum Gasteiger partial charge on any atom is -0.389 e. The molecule has 0 aromatic heterocycles. The zero-order chi connectivity index (χ0) is 15.7. The van der Waals surface area contributed by atoms with Crippen LogP contribution >= 0.6 is 12.2 Å². The molecule has 0 aliphatic carbocycles. The predicted molar refractivity (Wildman–Crippen MR) is 86.2 cm³/mol. The van der Waals surface area contributed by atoms with Gasteiger partial charge in [-0.05, 0) is 18.4 Å². The van der Waals surface area contributed by atoms with Crippen LogP contribution in [0.1, 0.15) is 33.3 Å². The fraction of sp³-hybridized carbons (Fsp3) is 0.500. The highest BCUT2D eigenvalue weighted by Crippen LogP contribution is 2.28. The summed E-state index contributed by atoms with van der Waals surface area (Å²) in [4.78, 5) is 0.243. The summed E-state index contributed by atoms with van der Waals surface area (Å²) in [5.41, 5.74) is 5.84. The smallest absolute Gasteiger partial charge is 0.243 e. The van der Waals surface area contributed by atoms with Gasteiger partial charge in [-0.3, -0.25) is 0 Å². The van der Waals surface area contributed by atoms with Crippen molar-refractivity contribution in [2.45, 2.75) is 38.6 Å². The highest BCUT2D eigenvalue weighted by atomic mass is 32.2. The monoisotopic (exact) mass is 314 g/mol. The Labute approximate surface area is 127 Å². The number of thiocarbonyl (C=S) groups is 1. The molecule has 0 radical (unpaired) electrons. The van der Waals surface area contributed by atoms with Gasteiger partial charge in [-0.1, -0.05) is 51.2 Å². The fourth-order valence-electron chi connectivity index (χ4n) is 1.80. The highest BCUT2D eigenvalue weighted by Gasteiger charge is 2.33. The first kappa shape index (κ1) is 17.1. The van der Waals surface area contributed by atoms with Crippen LogP contribution in [0.2, 0.25) is 0 Å². The number of benzene rings is 1. The quantitative estimate of drug-likeness (QED) is 0.867. The second-order valence-corrected chi connectivity index (χ2v) is 8.33. The van der Waals surface area contributed by atoms with Gasteiger partial charge in [-0.25, -0.2) is 8.42 Å². The van der Waals surface area contributed by atoms with Crippen LogP contribution in [0.25, 0.3) is 0 Å². The van der Waals surface area contributed by atoms with Crippen LogP contribution in [-0.2, 0) is 10.0 Å². The van der Waals surface area contributed by atoms with Crippen LogP contribution in [0.5, 0.6) is 0 Å². The minimum absolute atomic E-state index is 0.0842. The van der Waals surface area contributed by atoms with Crippen molar-refractivity contribution in [1.82, 2.24) is 4.31 Å². The van der Waals surface area contributed by atoms with Gasteiger partial charge in [0.15, 0.2) is 0 Å². The van der Waals surface area contributed by atoms with Crippen molar-refractivity contribution >= 4 is 27.2 Å². The van der Waals surface area contributed by atoms with Gasteiger partial charge in [0.2, 0.25) is 10.0 Å². The second-order valence-electron chi connectivity index (χ2n) is 5.92. The van der Waals surface area contributed by atoms with E-state index < -0.39 is 10.0 Å². The summed E-state index contributed by atoms with van der Waals surface area (Å²) in [6.07, 6.45) is 0. The summed E-state index contributed by atoms with van der Waals surface area (Å²) in [5.74, 6) is 0. The Morgan fingerprint density at radius 1 is 1.30 bits per heavy atom. The molecule has 0 amide bonds. The molecule has 0 aliphatic heterocycles. The standard InChI is InChI=1S/C14H22N2O2S2/c1-10(14(2,3)4)16(5)20(17,18)12-9-7-6-8-11(12)13(15)19/h6-10H,1-5H3,(H2,15,19). The molecule has 0 spiro atoms. The Balaban J connectivity index is 3.35. The molecule has 0 saturated carbocycles. The number of nitrogens with zero attached hydrogens (tertiary/aromatic N) is 1. The van der Waals surface area contributed by atoms with Crippen molar-refractivity contribution in [3.05, 3.63) is 29.8 Å².